The maximum Gasteiger partial charge on any atom is 0.0991 e. The fourth-order valence-corrected chi connectivity index (χ4v) is 4.16. The van der Waals surface area contributed by atoms with E-state index in [9.17, 15) is 0 Å². The van der Waals surface area contributed by atoms with Gasteiger partial charge in [0.1, 0.15) is 0 Å². The second-order valence-electron chi connectivity index (χ2n) is 6.58. The van der Waals surface area contributed by atoms with Crippen molar-refractivity contribution in [2.75, 3.05) is 18.9 Å². The Morgan fingerprint density at radius 1 is 1.27 bits per heavy atom. The maximum absolute atomic E-state index is 8.92. The largest absolute Gasteiger partial charge is 0.374 e. The summed E-state index contributed by atoms with van der Waals surface area (Å²) in [7, 11) is 0. The maximum atomic E-state index is 8.92. The number of nitriles is 1. The molecule has 1 atom stereocenters. The zero-order valence-electron chi connectivity index (χ0n) is 15.4. The zero-order chi connectivity index (χ0) is 18.2. The number of aliphatic imine (C=N–C) groups is 1. The first-order valence-electron chi connectivity index (χ1n) is 9.49. The standard InChI is InChI=1S/C22H26N2OS/c1-2-26-22(19-9-7-17(16-23)8-10-19)24-13-4-14-25-21-12-11-18-5-3-6-20(18)15-21/h7-11,15,21H,2-6,12-14H2,1H3. The van der Waals surface area contributed by atoms with Gasteiger partial charge in [-0.3, -0.25) is 4.99 Å². The van der Waals surface area contributed by atoms with Gasteiger partial charge >= 0.3 is 0 Å². The highest BCUT2D eigenvalue weighted by molar-refractivity contribution is 8.14. The van der Waals surface area contributed by atoms with Crippen LogP contribution in [0.15, 0.2) is 52.6 Å². The van der Waals surface area contributed by atoms with Gasteiger partial charge in [0.25, 0.3) is 0 Å². The van der Waals surface area contributed by atoms with Crippen LogP contribution in [-0.4, -0.2) is 30.1 Å². The SMILES string of the molecule is CCSC(=NCCCOC1C=C2CCCC2=CC1)c1ccc(C#N)cc1. The number of thioether (sulfide) groups is 1. The highest BCUT2D eigenvalue weighted by atomic mass is 32.2. The van der Waals surface area contributed by atoms with Gasteiger partial charge in [0.15, 0.2) is 0 Å². The summed E-state index contributed by atoms with van der Waals surface area (Å²) in [6.07, 6.45) is 10.7. The van der Waals surface area contributed by atoms with Gasteiger partial charge in [-0.05, 0) is 61.1 Å². The van der Waals surface area contributed by atoms with Crippen molar-refractivity contribution in [2.24, 2.45) is 4.99 Å². The molecule has 0 spiro atoms. The topological polar surface area (TPSA) is 45.4 Å². The van der Waals surface area contributed by atoms with Crippen molar-refractivity contribution in [1.29, 1.82) is 5.26 Å². The zero-order valence-corrected chi connectivity index (χ0v) is 16.2. The highest BCUT2D eigenvalue weighted by Crippen LogP contribution is 2.34. The molecule has 1 aromatic carbocycles. The molecule has 0 aromatic heterocycles. The number of rotatable bonds is 7. The fraction of sp³-hybridized carbons (Fsp3) is 0.455. The second-order valence-corrected chi connectivity index (χ2v) is 7.84. The van der Waals surface area contributed by atoms with Crippen LogP contribution in [0.4, 0.5) is 0 Å². The first-order chi connectivity index (χ1) is 12.8. The first-order valence-corrected chi connectivity index (χ1v) is 10.5. The third kappa shape index (κ3) is 5.09. The lowest BCUT2D eigenvalue weighted by molar-refractivity contribution is 0.0850. The summed E-state index contributed by atoms with van der Waals surface area (Å²) in [6.45, 7) is 3.65. The van der Waals surface area contributed by atoms with Gasteiger partial charge in [0.05, 0.1) is 22.8 Å². The summed E-state index contributed by atoms with van der Waals surface area (Å²) < 4.78 is 6.04. The predicted molar refractivity (Wildman–Crippen MR) is 110 cm³/mol. The van der Waals surface area contributed by atoms with Gasteiger partial charge in [-0.2, -0.15) is 5.26 Å². The highest BCUT2D eigenvalue weighted by Gasteiger charge is 2.19. The minimum atomic E-state index is 0.249. The van der Waals surface area contributed by atoms with Crippen molar-refractivity contribution in [2.45, 2.75) is 45.1 Å². The number of hydrogen-bond acceptors (Lipinski definition) is 4. The second kappa shape index (κ2) is 9.75. The van der Waals surface area contributed by atoms with E-state index in [2.05, 4.69) is 25.1 Å². The summed E-state index contributed by atoms with van der Waals surface area (Å²) >= 11 is 1.75. The van der Waals surface area contributed by atoms with Crippen molar-refractivity contribution in [3.05, 3.63) is 58.7 Å². The van der Waals surface area contributed by atoms with Crippen LogP contribution in [0.2, 0.25) is 0 Å². The van der Waals surface area contributed by atoms with Gasteiger partial charge in [-0.1, -0.05) is 31.2 Å². The van der Waals surface area contributed by atoms with Gasteiger partial charge < -0.3 is 4.74 Å². The van der Waals surface area contributed by atoms with Crippen LogP contribution < -0.4 is 0 Å². The van der Waals surface area contributed by atoms with E-state index in [4.69, 9.17) is 15.0 Å². The molecular weight excluding hydrogens is 340 g/mol. The van der Waals surface area contributed by atoms with Crippen LogP contribution in [0.5, 0.6) is 0 Å². The molecule has 1 unspecified atom stereocenters. The number of benzene rings is 1. The lowest BCUT2D eigenvalue weighted by atomic mass is 9.99. The molecule has 1 aromatic rings. The van der Waals surface area contributed by atoms with Gasteiger partial charge in [0.2, 0.25) is 0 Å². The molecule has 0 bridgehead atoms. The summed E-state index contributed by atoms with van der Waals surface area (Å²) in [5, 5.41) is 9.97. The average molecular weight is 367 g/mol. The van der Waals surface area contributed by atoms with Crippen LogP contribution >= 0.6 is 11.8 Å². The lowest BCUT2D eigenvalue weighted by Crippen LogP contribution is -2.14. The number of fused-ring (bicyclic) bond motifs is 1. The van der Waals surface area contributed by atoms with E-state index in [-0.39, 0.29) is 6.10 Å². The Bertz CT molecular complexity index is 740. The summed E-state index contributed by atoms with van der Waals surface area (Å²) in [5.74, 6) is 0.986. The Morgan fingerprint density at radius 2 is 2.08 bits per heavy atom. The Balaban J connectivity index is 1.46. The number of nitrogens with zero attached hydrogens (tertiary/aromatic N) is 2. The molecule has 0 amide bonds. The normalized spacial score (nSPS) is 19.5. The van der Waals surface area contributed by atoms with Gasteiger partial charge in [0, 0.05) is 18.7 Å². The molecule has 0 radical (unpaired) electrons. The fourth-order valence-electron chi connectivity index (χ4n) is 3.41. The third-order valence-corrected chi connectivity index (χ3v) is 5.65. The predicted octanol–water partition coefficient (Wildman–Crippen LogP) is 5.27. The Hall–Kier alpha value is -1.83. The molecule has 0 saturated heterocycles. The Morgan fingerprint density at radius 3 is 2.85 bits per heavy atom. The third-order valence-electron chi connectivity index (χ3n) is 4.72. The van der Waals surface area contributed by atoms with E-state index in [1.165, 1.54) is 24.8 Å². The minimum absolute atomic E-state index is 0.249. The van der Waals surface area contributed by atoms with E-state index in [0.29, 0.717) is 5.56 Å². The molecule has 0 N–H and O–H groups in total. The summed E-state index contributed by atoms with van der Waals surface area (Å²) in [6, 6.07) is 9.83. The molecule has 4 heteroatoms. The van der Waals surface area contributed by atoms with Crippen molar-refractivity contribution in [3.8, 4) is 6.07 Å². The van der Waals surface area contributed by atoms with E-state index >= 15 is 0 Å². The molecule has 26 heavy (non-hydrogen) atoms. The molecule has 1 saturated carbocycles. The molecule has 0 heterocycles. The minimum Gasteiger partial charge on any atom is -0.374 e. The van der Waals surface area contributed by atoms with Crippen LogP contribution in [0.3, 0.4) is 0 Å². The molecule has 3 nitrogen and oxygen atoms in total. The number of allylic oxidation sites excluding steroid dienone is 2. The van der Waals surface area contributed by atoms with Crippen molar-refractivity contribution < 1.29 is 4.74 Å². The van der Waals surface area contributed by atoms with E-state index in [1.807, 2.05) is 24.3 Å². The number of ether oxygens (including phenoxy) is 1. The van der Waals surface area contributed by atoms with Crippen LogP contribution in [-0.2, 0) is 4.74 Å². The number of hydrogen-bond donors (Lipinski definition) is 0. The first kappa shape index (κ1) is 18.9. The van der Waals surface area contributed by atoms with E-state index in [1.54, 1.807) is 17.3 Å². The summed E-state index contributed by atoms with van der Waals surface area (Å²) in [5.41, 5.74) is 4.84. The average Bonchev–Trinajstić information content (AvgIpc) is 3.15. The van der Waals surface area contributed by atoms with Crippen molar-refractivity contribution in [1.82, 2.24) is 0 Å². The molecule has 0 aliphatic heterocycles. The van der Waals surface area contributed by atoms with Crippen LogP contribution in [0, 0.1) is 11.3 Å². The van der Waals surface area contributed by atoms with Gasteiger partial charge in [-0.15, -0.1) is 11.8 Å². The molecule has 2 aliphatic carbocycles. The Kier molecular flexibility index (Phi) is 7.11. The summed E-state index contributed by atoms with van der Waals surface area (Å²) in [4.78, 5) is 4.76. The van der Waals surface area contributed by atoms with Crippen molar-refractivity contribution in [3.63, 3.8) is 0 Å². The molecule has 3 rings (SSSR count). The molecule has 136 valence electrons. The van der Waals surface area contributed by atoms with Gasteiger partial charge in [-0.25, -0.2) is 0 Å². The lowest BCUT2D eigenvalue weighted by Gasteiger charge is -2.18. The monoisotopic (exact) mass is 366 g/mol. The van der Waals surface area contributed by atoms with E-state index < -0.39 is 0 Å². The Labute approximate surface area is 160 Å². The van der Waals surface area contributed by atoms with Crippen LogP contribution in [0.1, 0.15) is 50.2 Å². The van der Waals surface area contributed by atoms with E-state index in [0.717, 1.165) is 42.4 Å². The van der Waals surface area contributed by atoms with Crippen LogP contribution in [0.25, 0.3) is 0 Å². The molecule has 1 fully saturated rings. The van der Waals surface area contributed by atoms with Crippen molar-refractivity contribution >= 4 is 16.8 Å². The molecule has 2 aliphatic rings. The quantitative estimate of drug-likeness (QED) is 0.375. The smallest absolute Gasteiger partial charge is 0.0991 e. The molecular formula is C22H26N2OS.